The Bertz CT molecular complexity index is 1130. The lowest BCUT2D eigenvalue weighted by molar-refractivity contribution is -0.139. The van der Waals surface area contributed by atoms with Crippen LogP contribution < -0.4 is 10.3 Å². The summed E-state index contributed by atoms with van der Waals surface area (Å²) in [7, 11) is 0. The third-order valence-corrected chi connectivity index (χ3v) is 5.94. The number of esters is 1. The van der Waals surface area contributed by atoms with Crippen molar-refractivity contribution in [1.29, 1.82) is 0 Å². The van der Waals surface area contributed by atoms with Crippen LogP contribution in [0.4, 0.5) is 0 Å². The normalized spacial score (nSPS) is 13.6. The van der Waals surface area contributed by atoms with Crippen molar-refractivity contribution in [3.8, 4) is 5.75 Å². The summed E-state index contributed by atoms with van der Waals surface area (Å²) in [5.74, 6) is 0.213. The lowest BCUT2D eigenvalue weighted by Crippen LogP contribution is -2.18. The average molecular weight is 410 g/mol. The van der Waals surface area contributed by atoms with Crippen LogP contribution in [0.5, 0.6) is 5.75 Å². The summed E-state index contributed by atoms with van der Waals surface area (Å²) < 4.78 is 12.5. The first kappa shape index (κ1) is 19.4. The molecule has 2 aromatic heterocycles. The summed E-state index contributed by atoms with van der Waals surface area (Å²) in [5, 5.41) is 0. The molecule has 0 unspecified atom stereocenters. The molecule has 3 aromatic rings. The van der Waals surface area contributed by atoms with Gasteiger partial charge in [-0.3, -0.25) is 9.20 Å². The topological polar surface area (TPSA) is 69.9 Å². The second-order valence-electron chi connectivity index (χ2n) is 6.79. The third-order valence-electron chi connectivity index (χ3n) is 4.79. The number of carbonyl (C=O) groups is 1. The summed E-state index contributed by atoms with van der Waals surface area (Å²) >= 11 is 1.56. The van der Waals surface area contributed by atoms with E-state index in [9.17, 15) is 9.59 Å². The predicted molar refractivity (Wildman–Crippen MR) is 112 cm³/mol. The van der Waals surface area contributed by atoms with Gasteiger partial charge in [0, 0.05) is 28.3 Å². The fraction of sp³-hybridized carbons (Fsp3) is 0.318. The van der Waals surface area contributed by atoms with Crippen LogP contribution in [0, 0.1) is 0 Å². The lowest BCUT2D eigenvalue weighted by atomic mass is 10.0. The van der Waals surface area contributed by atoms with Crippen LogP contribution in [0.3, 0.4) is 0 Å². The van der Waals surface area contributed by atoms with Crippen LogP contribution in [0.25, 0.3) is 11.0 Å². The van der Waals surface area contributed by atoms with Crippen molar-refractivity contribution in [1.82, 2.24) is 9.38 Å². The maximum atomic E-state index is 12.5. The maximum absolute atomic E-state index is 12.5. The molecule has 150 valence electrons. The zero-order valence-electron chi connectivity index (χ0n) is 16.2. The van der Waals surface area contributed by atoms with E-state index in [1.54, 1.807) is 21.8 Å². The van der Waals surface area contributed by atoms with Gasteiger partial charge in [-0.05, 0) is 44.7 Å². The molecule has 6 nitrogen and oxygen atoms in total. The number of fused-ring (bicyclic) bond motifs is 3. The summed E-state index contributed by atoms with van der Waals surface area (Å²) in [4.78, 5) is 31.1. The Balaban J connectivity index is 1.46. The molecule has 0 spiro atoms. The molecule has 2 heterocycles. The second kappa shape index (κ2) is 8.61. The van der Waals surface area contributed by atoms with Crippen molar-refractivity contribution < 1.29 is 14.3 Å². The van der Waals surface area contributed by atoms with Gasteiger partial charge in [0.2, 0.25) is 0 Å². The highest BCUT2D eigenvalue weighted by atomic mass is 32.1. The molecule has 29 heavy (non-hydrogen) atoms. The Morgan fingerprint density at radius 3 is 2.97 bits per heavy atom. The number of para-hydroxylation sites is 1. The Hall–Kier alpha value is -2.93. The highest BCUT2D eigenvalue weighted by Gasteiger charge is 2.18. The van der Waals surface area contributed by atoms with Crippen molar-refractivity contribution in [2.75, 3.05) is 6.61 Å². The number of carbonyl (C=O) groups excluding carboxylic acids is 1. The minimum atomic E-state index is -0.497. The van der Waals surface area contributed by atoms with E-state index < -0.39 is 5.97 Å². The highest BCUT2D eigenvalue weighted by molar-refractivity contribution is 7.17. The molecule has 0 fully saturated rings. The molecule has 0 bridgehead atoms. The van der Waals surface area contributed by atoms with Gasteiger partial charge in [-0.1, -0.05) is 18.2 Å². The van der Waals surface area contributed by atoms with Crippen LogP contribution in [0.2, 0.25) is 0 Å². The van der Waals surface area contributed by atoms with E-state index in [4.69, 9.17) is 9.47 Å². The van der Waals surface area contributed by atoms with Crippen molar-refractivity contribution in [3.63, 3.8) is 0 Å². The predicted octanol–water partition coefficient (Wildman–Crippen LogP) is 3.79. The van der Waals surface area contributed by atoms with E-state index in [2.05, 4.69) is 4.98 Å². The molecule has 0 radical (unpaired) electrons. The Morgan fingerprint density at radius 1 is 1.28 bits per heavy atom. The largest absolute Gasteiger partial charge is 0.493 e. The number of nitrogens with zero attached hydrogens (tertiary/aromatic N) is 2. The fourth-order valence-electron chi connectivity index (χ4n) is 3.47. The molecule has 0 atom stereocenters. The zero-order chi connectivity index (χ0) is 20.2. The van der Waals surface area contributed by atoms with Crippen LogP contribution in [0.15, 0.2) is 41.2 Å². The van der Waals surface area contributed by atoms with E-state index in [1.165, 1.54) is 17.0 Å². The highest BCUT2D eigenvalue weighted by Crippen LogP contribution is 2.28. The van der Waals surface area contributed by atoms with Crippen LogP contribution in [-0.4, -0.2) is 22.0 Å². The van der Waals surface area contributed by atoms with E-state index in [-0.39, 0.29) is 12.2 Å². The van der Waals surface area contributed by atoms with Crippen molar-refractivity contribution in [3.05, 3.63) is 68.6 Å². The van der Waals surface area contributed by atoms with Gasteiger partial charge < -0.3 is 9.47 Å². The number of aromatic nitrogens is 2. The molecule has 0 saturated heterocycles. The molecule has 7 heteroatoms. The van der Waals surface area contributed by atoms with Crippen molar-refractivity contribution >= 4 is 28.3 Å². The minimum absolute atomic E-state index is 0.0371. The van der Waals surface area contributed by atoms with Gasteiger partial charge in [-0.15, -0.1) is 11.3 Å². The van der Waals surface area contributed by atoms with Gasteiger partial charge >= 0.3 is 5.97 Å². The molecule has 0 saturated carbocycles. The number of hydrogen-bond donors (Lipinski definition) is 0. The molecule has 0 aliphatic heterocycles. The maximum Gasteiger partial charge on any atom is 0.331 e. The van der Waals surface area contributed by atoms with Gasteiger partial charge in [-0.25, -0.2) is 9.78 Å². The van der Waals surface area contributed by atoms with Crippen molar-refractivity contribution in [2.45, 2.75) is 39.2 Å². The lowest BCUT2D eigenvalue weighted by Gasteiger charge is -2.10. The third kappa shape index (κ3) is 4.24. The average Bonchev–Trinajstić information content (AvgIpc) is 3.10. The molecule has 4 rings (SSSR count). The van der Waals surface area contributed by atoms with E-state index >= 15 is 0 Å². The summed E-state index contributed by atoms with van der Waals surface area (Å²) in [6.07, 6.45) is 7.18. The number of benzene rings is 1. The Morgan fingerprint density at radius 2 is 2.10 bits per heavy atom. The number of rotatable bonds is 6. The number of aryl methyl sites for hydroxylation is 2. The van der Waals surface area contributed by atoms with Gasteiger partial charge in [-0.2, -0.15) is 0 Å². The molecule has 1 aromatic carbocycles. The van der Waals surface area contributed by atoms with Gasteiger partial charge in [0.15, 0.2) is 4.96 Å². The van der Waals surface area contributed by atoms with Crippen LogP contribution in [0.1, 0.15) is 41.6 Å². The smallest absolute Gasteiger partial charge is 0.331 e. The first-order chi connectivity index (χ1) is 14.2. The second-order valence-corrected chi connectivity index (χ2v) is 7.86. The minimum Gasteiger partial charge on any atom is -0.493 e. The molecule has 1 aliphatic carbocycles. The van der Waals surface area contributed by atoms with E-state index in [0.717, 1.165) is 36.9 Å². The van der Waals surface area contributed by atoms with Gasteiger partial charge in [0.1, 0.15) is 12.4 Å². The summed E-state index contributed by atoms with van der Waals surface area (Å²) in [6.45, 7) is 2.42. The molecule has 1 aliphatic rings. The number of hydrogen-bond acceptors (Lipinski definition) is 6. The summed E-state index contributed by atoms with van der Waals surface area (Å²) in [6, 6.07) is 8.92. The number of thiazole rings is 1. The van der Waals surface area contributed by atoms with Crippen molar-refractivity contribution in [2.24, 2.45) is 0 Å². The summed E-state index contributed by atoms with van der Waals surface area (Å²) in [5.41, 5.74) is 2.24. The fourth-order valence-corrected chi connectivity index (χ4v) is 4.70. The van der Waals surface area contributed by atoms with Crippen LogP contribution >= 0.6 is 11.3 Å². The van der Waals surface area contributed by atoms with E-state index in [0.29, 0.717) is 23.0 Å². The molecular formula is C22H22N2O4S. The standard InChI is InChI=1S/C22H22N2O4S/c1-2-27-18-9-5-3-7-15(18)11-12-21(26)28-14-16-13-20(25)24-17-8-4-6-10-19(17)29-22(24)23-16/h3,5,7,9,11-13H,2,4,6,8,10,14H2,1H3/b12-11+. The molecular weight excluding hydrogens is 388 g/mol. The van der Waals surface area contributed by atoms with E-state index in [1.807, 2.05) is 31.2 Å². The van der Waals surface area contributed by atoms with Crippen LogP contribution in [-0.2, 0) is 29.0 Å². The Labute approximate surface area is 172 Å². The quantitative estimate of drug-likeness (QED) is 0.457. The molecule has 0 amide bonds. The first-order valence-electron chi connectivity index (χ1n) is 9.75. The number of ether oxygens (including phenoxy) is 2. The monoisotopic (exact) mass is 410 g/mol. The zero-order valence-corrected chi connectivity index (χ0v) is 17.0. The SMILES string of the molecule is CCOc1ccccc1/C=C/C(=O)OCc1cc(=O)n2c3c(sc2n1)CCCC3. The molecule has 0 N–H and O–H groups in total. The van der Waals surface area contributed by atoms with Gasteiger partial charge in [0.05, 0.1) is 12.3 Å². The Kier molecular flexibility index (Phi) is 5.76. The van der Waals surface area contributed by atoms with Gasteiger partial charge in [0.25, 0.3) is 5.56 Å². The first-order valence-corrected chi connectivity index (χ1v) is 10.6.